The van der Waals surface area contributed by atoms with E-state index in [9.17, 15) is 9.18 Å². The van der Waals surface area contributed by atoms with E-state index in [-0.39, 0.29) is 11.7 Å². The number of benzene rings is 1. The van der Waals surface area contributed by atoms with Crippen molar-refractivity contribution in [1.29, 1.82) is 0 Å². The number of nitrogens with zero attached hydrogens (tertiary/aromatic N) is 3. The van der Waals surface area contributed by atoms with Gasteiger partial charge in [-0.1, -0.05) is 18.2 Å². The number of rotatable bonds is 5. The highest BCUT2D eigenvalue weighted by Gasteiger charge is 2.25. The number of thiazole rings is 1. The number of amides is 1. The third-order valence-corrected chi connectivity index (χ3v) is 6.56. The molecule has 0 radical (unpaired) electrons. The number of carbonyl (C=O) groups is 1. The van der Waals surface area contributed by atoms with E-state index in [2.05, 4.69) is 23.3 Å². The number of halogens is 1. The summed E-state index contributed by atoms with van der Waals surface area (Å²) in [4.78, 5) is 25.0. The summed E-state index contributed by atoms with van der Waals surface area (Å²) in [6.45, 7) is 5.50. The molecule has 7 heteroatoms. The molecule has 0 atom stereocenters. The normalized spacial score (nSPS) is 14.7. The number of anilines is 2. The molecule has 3 aromatic rings. The van der Waals surface area contributed by atoms with Crippen LogP contribution in [0.1, 0.15) is 40.6 Å². The molecule has 1 fully saturated rings. The van der Waals surface area contributed by atoms with Crippen LogP contribution < -0.4 is 5.32 Å². The van der Waals surface area contributed by atoms with E-state index in [1.807, 2.05) is 24.0 Å². The summed E-state index contributed by atoms with van der Waals surface area (Å²) >= 11 is 1.63. The summed E-state index contributed by atoms with van der Waals surface area (Å²) in [6.07, 6.45) is 2.09. The zero-order chi connectivity index (χ0) is 21.1. The molecule has 0 spiro atoms. The van der Waals surface area contributed by atoms with Crippen LogP contribution in [-0.4, -0.2) is 33.9 Å². The Balaban J connectivity index is 1.34. The van der Waals surface area contributed by atoms with Crippen LogP contribution in [0.15, 0.2) is 42.5 Å². The highest BCUT2D eigenvalue weighted by molar-refractivity contribution is 7.15. The smallest absolute Gasteiger partial charge is 0.226 e. The van der Waals surface area contributed by atoms with Crippen molar-refractivity contribution in [2.75, 3.05) is 18.4 Å². The van der Waals surface area contributed by atoms with Crippen molar-refractivity contribution in [3.05, 3.63) is 70.1 Å². The molecule has 1 N–H and O–H groups in total. The van der Waals surface area contributed by atoms with Crippen LogP contribution in [0.5, 0.6) is 0 Å². The Kier molecular flexibility index (Phi) is 6.08. The lowest BCUT2D eigenvalue weighted by Crippen LogP contribution is -2.38. The van der Waals surface area contributed by atoms with Gasteiger partial charge < -0.3 is 10.2 Å². The molecule has 2 aromatic heterocycles. The van der Waals surface area contributed by atoms with Crippen LogP contribution >= 0.6 is 11.3 Å². The lowest BCUT2D eigenvalue weighted by atomic mass is 9.92. The third kappa shape index (κ3) is 4.84. The highest BCUT2D eigenvalue weighted by Crippen LogP contribution is 2.29. The zero-order valence-electron chi connectivity index (χ0n) is 17.2. The van der Waals surface area contributed by atoms with Crippen molar-refractivity contribution in [3.8, 4) is 0 Å². The molecule has 0 bridgehead atoms. The number of aryl methyl sites for hydroxylation is 2. The summed E-state index contributed by atoms with van der Waals surface area (Å²) in [6, 6.07) is 12.2. The quantitative estimate of drug-likeness (QED) is 0.627. The predicted octanol–water partition coefficient (Wildman–Crippen LogP) is 4.99. The SMILES string of the molecule is Cc1nc(Nc2cccc(C3CCN(C(=O)Cc4ccc(F)cc4)CC3)n2)sc1C. The van der Waals surface area contributed by atoms with Gasteiger partial charge in [-0.05, 0) is 56.5 Å². The second kappa shape index (κ2) is 8.92. The minimum Gasteiger partial charge on any atom is -0.342 e. The van der Waals surface area contributed by atoms with Crippen molar-refractivity contribution in [2.24, 2.45) is 0 Å². The van der Waals surface area contributed by atoms with Gasteiger partial charge in [0.1, 0.15) is 11.6 Å². The van der Waals surface area contributed by atoms with Crippen molar-refractivity contribution in [1.82, 2.24) is 14.9 Å². The molecule has 1 aromatic carbocycles. The fourth-order valence-electron chi connectivity index (χ4n) is 3.70. The van der Waals surface area contributed by atoms with Crippen molar-refractivity contribution >= 4 is 28.2 Å². The Hall–Kier alpha value is -2.80. The molecule has 0 aliphatic carbocycles. The van der Waals surface area contributed by atoms with Gasteiger partial charge in [-0.3, -0.25) is 4.79 Å². The fourth-order valence-corrected chi connectivity index (χ4v) is 4.52. The second-order valence-corrected chi connectivity index (χ2v) is 8.89. The van der Waals surface area contributed by atoms with E-state index in [1.165, 1.54) is 17.0 Å². The number of piperidine rings is 1. The largest absolute Gasteiger partial charge is 0.342 e. The van der Waals surface area contributed by atoms with Crippen LogP contribution in [0.4, 0.5) is 15.3 Å². The first kappa shape index (κ1) is 20.5. The molecule has 4 rings (SSSR count). The Bertz CT molecular complexity index is 1010. The van der Waals surface area contributed by atoms with Crippen molar-refractivity contribution in [3.63, 3.8) is 0 Å². The Labute approximate surface area is 180 Å². The molecular formula is C23H25FN4OS. The summed E-state index contributed by atoms with van der Waals surface area (Å²) in [5.74, 6) is 0.951. The van der Waals surface area contributed by atoms with Gasteiger partial charge in [0.05, 0.1) is 12.1 Å². The first-order chi connectivity index (χ1) is 14.5. The van der Waals surface area contributed by atoms with Gasteiger partial charge in [-0.25, -0.2) is 14.4 Å². The number of aromatic nitrogens is 2. The monoisotopic (exact) mass is 424 g/mol. The Morgan fingerprint density at radius 3 is 2.53 bits per heavy atom. The second-order valence-electron chi connectivity index (χ2n) is 7.69. The molecular weight excluding hydrogens is 399 g/mol. The van der Waals surface area contributed by atoms with Gasteiger partial charge in [0.25, 0.3) is 0 Å². The van der Waals surface area contributed by atoms with Crippen molar-refractivity contribution in [2.45, 2.75) is 39.0 Å². The van der Waals surface area contributed by atoms with Gasteiger partial charge in [-0.15, -0.1) is 11.3 Å². The Morgan fingerprint density at radius 2 is 1.87 bits per heavy atom. The number of likely N-dealkylation sites (tertiary alicyclic amines) is 1. The van der Waals surface area contributed by atoms with Crippen LogP contribution in [0, 0.1) is 19.7 Å². The topological polar surface area (TPSA) is 58.1 Å². The molecule has 156 valence electrons. The third-order valence-electron chi connectivity index (χ3n) is 5.57. The van der Waals surface area contributed by atoms with Crippen LogP contribution in [0.2, 0.25) is 0 Å². The highest BCUT2D eigenvalue weighted by atomic mass is 32.1. The van der Waals surface area contributed by atoms with Gasteiger partial charge in [-0.2, -0.15) is 0 Å². The maximum Gasteiger partial charge on any atom is 0.226 e. The van der Waals surface area contributed by atoms with E-state index in [1.54, 1.807) is 23.5 Å². The number of hydrogen-bond donors (Lipinski definition) is 1. The molecule has 0 unspecified atom stereocenters. The first-order valence-corrected chi connectivity index (χ1v) is 11.0. The molecule has 1 aliphatic rings. The Morgan fingerprint density at radius 1 is 1.13 bits per heavy atom. The average molecular weight is 425 g/mol. The van der Waals surface area contributed by atoms with Gasteiger partial charge >= 0.3 is 0 Å². The number of hydrogen-bond acceptors (Lipinski definition) is 5. The number of pyridine rings is 1. The molecule has 1 amide bonds. The van der Waals surface area contributed by atoms with Gasteiger partial charge in [0.2, 0.25) is 5.91 Å². The first-order valence-electron chi connectivity index (χ1n) is 10.2. The average Bonchev–Trinajstić information content (AvgIpc) is 3.06. The van der Waals surface area contributed by atoms with E-state index >= 15 is 0 Å². The van der Waals surface area contributed by atoms with Crippen LogP contribution in [0.3, 0.4) is 0 Å². The van der Waals surface area contributed by atoms with Gasteiger partial charge in [0, 0.05) is 29.6 Å². The number of nitrogens with one attached hydrogen (secondary N) is 1. The van der Waals surface area contributed by atoms with E-state index in [0.717, 1.165) is 53.8 Å². The minimum absolute atomic E-state index is 0.0953. The maximum absolute atomic E-state index is 13.0. The summed E-state index contributed by atoms with van der Waals surface area (Å²) in [5, 5.41) is 4.17. The molecule has 0 saturated carbocycles. The zero-order valence-corrected chi connectivity index (χ0v) is 18.0. The molecule has 1 aliphatic heterocycles. The predicted molar refractivity (Wildman–Crippen MR) is 118 cm³/mol. The van der Waals surface area contributed by atoms with Crippen molar-refractivity contribution < 1.29 is 9.18 Å². The molecule has 1 saturated heterocycles. The van der Waals surface area contributed by atoms with E-state index in [4.69, 9.17) is 4.98 Å². The van der Waals surface area contributed by atoms with Gasteiger partial charge in [0.15, 0.2) is 5.13 Å². The molecule has 3 heterocycles. The standard InChI is InChI=1S/C23H25FN4OS/c1-15-16(2)30-23(25-15)27-21-5-3-4-20(26-21)18-10-12-28(13-11-18)22(29)14-17-6-8-19(24)9-7-17/h3-9,18H,10-14H2,1-2H3,(H,25,26,27). The maximum atomic E-state index is 13.0. The van der Waals surface area contributed by atoms with Crippen LogP contribution in [0.25, 0.3) is 0 Å². The fraction of sp³-hybridized carbons (Fsp3) is 0.348. The summed E-state index contributed by atoms with van der Waals surface area (Å²) < 4.78 is 13.0. The minimum atomic E-state index is -0.281. The molecule has 5 nitrogen and oxygen atoms in total. The lowest BCUT2D eigenvalue weighted by Gasteiger charge is -2.32. The lowest BCUT2D eigenvalue weighted by molar-refractivity contribution is -0.131. The molecule has 30 heavy (non-hydrogen) atoms. The van der Waals surface area contributed by atoms with E-state index in [0.29, 0.717) is 12.3 Å². The summed E-state index contributed by atoms with van der Waals surface area (Å²) in [5.41, 5.74) is 2.93. The number of carbonyl (C=O) groups excluding carboxylic acids is 1. The van der Waals surface area contributed by atoms with Crippen LogP contribution in [-0.2, 0) is 11.2 Å². The van der Waals surface area contributed by atoms with E-state index < -0.39 is 0 Å². The summed E-state index contributed by atoms with van der Waals surface area (Å²) in [7, 11) is 0.